The number of carbonyl (C=O) groups excluding carboxylic acids is 2. The van der Waals surface area contributed by atoms with E-state index in [0.29, 0.717) is 43.9 Å². The van der Waals surface area contributed by atoms with Crippen LogP contribution in [-0.2, 0) is 24.1 Å². The molecule has 0 aromatic carbocycles. The number of carbonyl (C=O) groups is 2. The number of hydrogen-bond donors (Lipinski definition) is 1. The van der Waals surface area contributed by atoms with Crippen LogP contribution in [-0.4, -0.2) is 53.1 Å². The first-order valence-electron chi connectivity index (χ1n) is 10.8. The van der Waals surface area contributed by atoms with Gasteiger partial charge < -0.3 is 23.9 Å². The molecular weight excluding hydrogens is 442 g/mol. The molecule has 4 rings (SSSR count). The van der Waals surface area contributed by atoms with Gasteiger partial charge in [0, 0.05) is 54.8 Å². The largest absolute Gasteiger partial charge is 0.492 e. The van der Waals surface area contributed by atoms with Crippen molar-refractivity contribution in [2.45, 2.75) is 33.2 Å². The predicted molar refractivity (Wildman–Crippen MR) is 125 cm³/mol. The summed E-state index contributed by atoms with van der Waals surface area (Å²) in [6, 6.07) is 7.26. The van der Waals surface area contributed by atoms with Crippen molar-refractivity contribution in [1.29, 1.82) is 0 Å². The second-order valence-corrected chi connectivity index (χ2v) is 9.07. The Morgan fingerprint density at radius 1 is 1.18 bits per heavy atom. The molecule has 0 aliphatic carbocycles. The van der Waals surface area contributed by atoms with Gasteiger partial charge in [-0.15, -0.1) is 11.3 Å². The van der Waals surface area contributed by atoms with Gasteiger partial charge in [0.1, 0.15) is 17.0 Å². The minimum atomic E-state index is -0.555. The minimum absolute atomic E-state index is 0.117. The lowest BCUT2D eigenvalue weighted by Crippen LogP contribution is -2.34. The van der Waals surface area contributed by atoms with Crippen molar-refractivity contribution in [3.05, 3.63) is 73.1 Å². The van der Waals surface area contributed by atoms with Crippen LogP contribution in [0.4, 0.5) is 0 Å². The SMILES string of the molecule is COC(=O)c1c(OCCc2cccs2)cc(=O)n2c1CCN(C(=O)c1[nH]c(C)cc1C)CC2. The monoisotopic (exact) mass is 469 g/mol. The maximum atomic E-state index is 13.1. The van der Waals surface area contributed by atoms with Crippen LogP contribution >= 0.6 is 11.3 Å². The number of aromatic nitrogens is 2. The number of amides is 1. The van der Waals surface area contributed by atoms with E-state index in [9.17, 15) is 14.4 Å². The van der Waals surface area contributed by atoms with E-state index in [2.05, 4.69) is 4.98 Å². The van der Waals surface area contributed by atoms with Gasteiger partial charge >= 0.3 is 5.97 Å². The van der Waals surface area contributed by atoms with Crippen molar-refractivity contribution < 1.29 is 19.1 Å². The number of nitrogens with zero attached hydrogens (tertiary/aromatic N) is 2. The average molecular weight is 470 g/mol. The molecule has 0 atom stereocenters. The quantitative estimate of drug-likeness (QED) is 0.560. The second kappa shape index (κ2) is 9.66. The molecule has 1 aliphatic rings. The smallest absolute Gasteiger partial charge is 0.343 e. The molecule has 8 nitrogen and oxygen atoms in total. The number of H-pyrrole nitrogens is 1. The molecule has 3 aromatic heterocycles. The number of hydrogen-bond acceptors (Lipinski definition) is 6. The van der Waals surface area contributed by atoms with Gasteiger partial charge in [-0.05, 0) is 36.9 Å². The molecule has 4 heterocycles. The van der Waals surface area contributed by atoms with Crippen LogP contribution in [0.3, 0.4) is 0 Å². The van der Waals surface area contributed by atoms with Crippen LogP contribution in [0.5, 0.6) is 5.75 Å². The number of aryl methyl sites for hydroxylation is 2. The standard InChI is InChI=1S/C24H27N3O5S/c1-15-13-16(2)25-22(15)23(29)26-8-6-18-21(24(30)31-3)19(14-20(28)27(18)10-9-26)32-11-7-17-5-4-12-33-17/h4-5,12-14,25H,6-11H2,1-3H3. The summed E-state index contributed by atoms with van der Waals surface area (Å²) in [4.78, 5) is 44.7. The lowest BCUT2D eigenvalue weighted by molar-refractivity contribution is 0.0593. The molecule has 1 amide bonds. The third-order valence-electron chi connectivity index (χ3n) is 5.82. The Bertz CT molecular complexity index is 1230. The van der Waals surface area contributed by atoms with Gasteiger partial charge in [0.25, 0.3) is 11.5 Å². The van der Waals surface area contributed by atoms with E-state index in [1.165, 1.54) is 13.2 Å². The number of ether oxygens (including phenoxy) is 2. The van der Waals surface area contributed by atoms with Crippen LogP contribution in [0.1, 0.15) is 42.7 Å². The van der Waals surface area contributed by atoms with Crippen LogP contribution in [0.25, 0.3) is 0 Å². The van der Waals surface area contributed by atoms with Crippen molar-refractivity contribution in [1.82, 2.24) is 14.5 Å². The van der Waals surface area contributed by atoms with Crippen LogP contribution in [0.2, 0.25) is 0 Å². The summed E-state index contributed by atoms with van der Waals surface area (Å²) >= 11 is 1.63. The van der Waals surface area contributed by atoms with Crippen LogP contribution < -0.4 is 10.3 Å². The normalized spacial score (nSPS) is 13.4. The highest BCUT2D eigenvalue weighted by Gasteiger charge is 2.28. The molecule has 0 saturated heterocycles. The Labute approximate surface area is 195 Å². The van der Waals surface area contributed by atoms with Gasteiger partial charge in [0.05, 0.1) is 13.7 Å². The molecule has 3 aromatic rings. The zero-order valence-electron chi connectivity index (χ0n) is 19.0. The maximum absolute atomic E-state index is 13.1. The van der Waals surface area contributed by atoms with Crippen molar-refractivity contribution in [3.8, 4) is 5.75 Å². The lowest BCUT2D eigenvalue weighted by atomic mass is 10.1. The molecule has 0 radical (unpaired) electrons. The van der Waals surface area contributed by atoms with E-state index < -0.39 is 5.97 Å². The lowest BCUT2D eigenvalue weighted by Gasteiger charge is -2.19. The van der Waals surface area contributed by atoms with Gasteiger partial charge in [-0.1, -0.05) is 6.07 Å². The van der Waals surface area contributed by atoms with Gasteiger partial charge in [-0.2, -0.15) is 0 Å². The number of nitrogens with one attached hydrogen (secondary N) is 1. The fourth-order valence-electron chi connectivity index (χ4n) is 4.21. The van der Waals surface area contributed by atoms with Crippen molar-refractivity contribution in [2.24, 2.45) is 0 Å². The fourth-order valence-corrected chi connectivity index (χ4v) is 4.90. The highest BCUT2D eigenvalue weighted by Crippen LogP contribution is 2.25. The maximum Gasteiger partial charge on any atom is 0.343 e. The summed E-state index contributed by atoms with van der Waals surface area (Å²) in [5, 5.41) is 1.99. The second-order valence-electron chi connectivity index (χ2n) is 8.04. The molecule has 0 bridgehead atoms. The number of aromatic amines is 1. The molecule has 0 spiro atoms. The molecule has 33 heavy (non-hydrogen) atoms. The molecular formula is C24H27N3O5S. The average Bonchev–Trinajstić information content (AvgIpc) is 3.36. The number of pyridine rings is 1. The Morgan fingerprint density at radius 2 is 2.00 bits per heavy atom. The van der Waals surface area contributed by atoms with Crippen molar-refractivity contribution in [3.63, 3.8) is 0 Å². The Balaban J connectivity index is 1.61. The van der Waals surface area contributed by atoms with Gasteiger partial charge in [0.2, 0.25) is 0 Å². The first kappa shape index (κ1) is 22.8. The minimum Gasteiger partial charge on any atom is -0.492 e. The van der Waals surface area contributed by atoms with E-state index in [1.54, 1.807) is 20.8 Å². The van der Waals surface area contributed by atoms with Crippen molar-refractivity contribution >= 4 is 23.2 Å². The summed E-state index contributed by atoms with van der Waals surface area (Å²) in [5.41, 5.74) is 2.89. The van der Waals surface area contributed by atoms with Gasteiger partial charge in [-0.3, -0.25) is 9.59 Å². The molecule has 9 heteroatoms. The van der Waals surface area contributed by atoms with E-state index in [1.807, 2.05) is 37.4 Å². The highest BCUT2D eigenvalue weighted by molar-refractivity contribution is 7.09. The summed E-state index contributed by atoms with van der Waals surface area (Å²) in [7, 11) is 1.31. The Morgan fingerprint density at radius 3 is 2.67 bits per heavy atom. The highest BCUT2D eigenvalue weighted by atomic mass is 32.1. The van der Waals surface area contributed by atoms with Crippen molar-refractivity contribution in [2.75, 3.05) is 26.8 Å². The summed E-state index contributed by atoms with van der Waals surface area (Å²) in [5.74, 6) is -0.445. The van der Waals surface area contributed by atoms with E-state index in [-0.39, 0.29) is 29.3 Å². The van der Waals surface area contributed by atoms with Gasteiger partial charge in [0.15, 0.2) is 0 Å². The number of fused-ring (bicyclic) bond motifs is 1. The summed E-state index contributed by atoms with van der Waals surface area (Å²) < 4.78 is 12.5. The summed E-state index contributed by atoms with van der Waals surface area (Å²) in [6.45, 7) is 5.16. The van der Waals surface area contributed by atoms with E-state index >= 15 is 0 Å². The fraction of sp³-hybridized carbons (Fsp3) is 0.375. The molecule has 174 valence electrons. The zero-order chi connectivity index (χ0) is 23.5. The van der Waals surface area contributed by atoms with E-state index in [0.717, 1.165) is 16.1 Å². The summed E-state index contributed by atoms with van der Waals surface area (Å²) in [6.07, 6.45) is 1.01. The predicted octanol–water partition coefficient (Wildman–Crippen LogP) is 2.96. The first-order valence-corrected chi connectivity index (χ1v) is 11.7. The zero-order valence-corrected chi connectivity index (χ0v) is 19.8. The number of methoxy groups -OCH3 is 1. The molecule has 0 unspecified atom stereocenters. The van der Waals surface area contributed by atoms with Crippen LogP contribution in [0.15, 0.2) is 34.4 Å². The number of esters is 1. The molecule has 0 saturated carbocycles. The number of thiophene rings is 1. The number of rotatable bonds is 6. The third-order valence-corrected chi connectivity index (χ3v) is 6.76. The third kappa shape index (κ3) is 4.73. The van der Waals surface area contributed by atoms with Gasteiger partial charge in [-0.25, -0.2) is 4.79 Å². The molecule has 1 N–H and O–H groups in total. The topological polar surface area (TPSA) is 93.6 Å². The van der Waals surface area contributed by atoms with Crippen LogP contribution in [0, 0.1) is 13.8 Å². The Hall–Kier alpha value is -3.33. The molecule has 0 fully saturated rings. The van der Waals surface area contributed by atoms with E-state index in [4.69, 9.17) is 9.47 Å². The Kier molecular flexibility index (Phi) is 6.69. The molecule has 1 aliphatic heterocycles. The first-order chi connectivity index (χ1) is 15.9.